The van der Waals surface area contributed by atoms with Crippen molar-refractivity contribution in [1.82, 2.24) is 9.61 Å². The number of hydrogen-bond donors (Lipinski definition) is 2. The van der Waals surface area contributed by atoms with E-state index >= 15 is 0 Å². The number of halogens is 1. The van der Waals surface area contributed by atoms with Crippen LogP contribution in [0.5, 0.6) is 0 Å². The number of hydrogen-bond acceptors (Lipinski definition) is 4. The highest BCUT2D eigenvalue weighted by atomic mass is 19.1. The second-order valence-electron chi connectivity index (χ2n) is 7.18. The van der Waals surface area contributed by atoms with E-state index in [-0.39, 0.29) is 29.3 Å². The number of pyridine rings is 1. The standard InChI is InChI=1S/C23H16FN3O4/c24-19-11-27-21(17(10-25-27)22(28)29)9-20(19)26-23(30)31-12-18-15-7-3-1-5-13(15)14-6-2-4-8-16(14)18/h1-11,18H,12H2,(H,26,30)(H,28,29). The van der Waals surface area contributed by atoms with Crippen LogP contribution >= 0.6 is 0 Å². The molecule has 154 valence electrons. The van der Waals surface area contributed by atoms with Gasteiger partial charge in [0.1, 0.15) is 12.2 Å². The number of carboxylic acids is 1. The minimum atomic E-state index is -1.20. The van der Waals surface area contributed by atoms with E-state index in [1.807, 2.05) is 48.5 Å². The van der Waals surface area contributed by atoms with Crippen molar-refractivity contribution in [3.63, 3.8) is 0 Å². The fourth-order valence-corrected chi connectivity index (χ4v) is 4.01. The molecular formula is C23H16FN3O4. The third kappa shape index (κ3) is 3.18. The summed E-state index contributed by atoms with van der Waals surface area (Å²) in [5.74, 6) is -2.09. The molecule has 2 N–H and O–H groups in total. The molecule has 1 amide bonds. The molecule has 2 aromatic heterocycles. The number of anilines is 1. The highest BCUT2D eigenvalue weighted by molar-refractivity contribution is 5.96. The summed E-state index contributed by atoms with van der Waals surface area (Å²) < 4.78 is 20.9. The third-order valence-electron chi connectivity index (χ3n) is 5.42. The highest BCUT2D eigenvalue weighted by Crippen LogP contribution is 2.44. The minimum absolute atomic E-state index is 0.0801. The zero-order chi connectivity index (χ0) is 21.5. The first kappa shape index (κ1) is 18.8. The quantitative estimate of drug-likeness (QED) is 0.509. The maximum absolute atomic E-state index is 14.3. The first-order valence-electron chi connectivity index (χ1n) is 9.55. The number of fused-ring (bicyclic) bond motifs is 4. The maximum atomic E-state index is 14.3. The van der Waals surface area contributed by atoms with Crippen molar-refractivity contribution in [1.29, 1.82) is 0 Å². The number of rotatable bonds is 4. The van der Waals surface area contributed by atoms with Gasteiger partial charge in [0.25, 0.3) is 0 Å². The Morgan fingerprint density at radius 3 is 2.39 bits per heavy atom. The molecule has 4 aromatic rings. The van der Waals surface area contributed by atoms with Gasteiger partial charge in [-0.05, 0) is 28.3 Å². The van der Waals surface area contributed by atoms with Crippen LogP contribution in [0.4, 0.5) is 14.9 Å². The summed E-state index contributed by atoms with van der Waals surface area (Å²) in [4.78, 5) is 23.7. The summed E-state index contributed by atoms with van der Waals surface area (Å²) in [5, 5.41) is 15.4. The van der Waals surface area contributed by atoms with Gasteiger partial charge in [0.15, 0.2) is 5.82 Å². The summed E-state index contributed by atoms with van der Waals surface area (Å²) in [6.45, 7) is 0.0801. The summed E-state index contributed by atoms with van der Waals surface area (Å²) in [5.41, 5.74) is 4.20. The molecule has 0 bridgehead atoms. The number of amides is 1. The molecule has 1 aliphatic carbocycles. The molecule has 31 heavy (non-hydrogen) atoms. The largest absolute Gasteiger partial charge is 0.478 e. The minimum Gasteiger partial charge on any atom is -0.478 e. The number of nitrogens with zero attached hydrogens (tertiary/aromatic N) is 2. The van der Waals surface area contributed by atoms with E-state index in [1.165, 1.54) is 6.07 Å². The lowest BCUT2D eigenvalue weighted by atomic mass is 9.98. The summed E-state index contributed by atoms with van der Waals surface area (Å²) in [6.07, 6.45) is 1.29. The lowest BCUT2D eigenvalue weighted by Crippen LogP contribution is -2.18. The van der Waals surface area contributed by atoms with Gasteiger partial charge in [-0.1, -0.05) is 48.5 Å². The molecule has 0 saturated heterocycles. The van der Waals surface area contributed by atoms with Crippen LogP contribution < -0.4 is 5.32 Å². The molecule has 8 heteroatoms. The fourth-order valence-electron chi connectivity index (χ4n) is 4.01. The number of nitrogens with one attached hydrogen (secondary N) is 1. The lowest BCUT2D eigenvalue weighted by molar-refractivity contribution is 0.0699. The van der Waals surface area contributed by atoms with Gasteiger partial charge in [0, 0.05) is 5.92 Å². The molecule has 0 radical (unpaired) electrons. The Bertz CT molecular complexity index is 1300. The van der Waals surface area contributed by atoms with Crippen LogP contribution in [0.15, 0.2) is 67.0 Å². The van der Waals surface area contributed by atoms with Crippen molar-refractivity contribution >= 4 is 23.3 Å². The van der Waals surface area contributed by atoms with Crippen molar-refractivity contribution in [2.24, 2.45) is 0 Å². The van der Waals surface area contributed by atoms with E-state index in [4.69, 9.17) is 4.74 Å². The summed E-state index contributed by atoms with van der Waals surface area (Å²) >= 11 is 0. The molecule has 0 spiro atoms. The molecule has 0 saturated carbocycles. The number of ether oxygens (including phenoxy) is 1. The Morgan fingerprint density at radius 2 is 1.74 bits per heavy atom. The highest BCUT2D eigenvalue weighted by Gasteiger charge is 2.29. The van der Waals surface area contributed by atoms with Crippen molar-refractivity contribution in [2.75, 3.05) is 11.9 Å². The van der Waals surface area contributed by atoms with E-state index in [1.54, 1.807) is 0 Å². The zero-order valence-electron chi connectivity index (χ0n) is 16.1. The number of benzene rings is 2. The average molecular weight is 417 g/mol. The SMILES string of the molecule is O=C(Nc1cc2c(C(=O)O)cnn2cc1F)OCC1c2ccccc2-c2ccccc21. The summed E-state index contributed by atoms with van der Waals surface area (Å²) in [6, 6.07) is 17.1. The number of carbonyl (C=O) groups is 2. The molecule has 2 aromatic carbocycles. The van der Waals surface area contributed by atoms with E-state index < -0.39 is 17.9 Å². The fraction of sp³-hybridized carbons (Fsp3) is 0.0870. The molecule has 2 heterocycles. The molecule has 0 atom stereocenters. The summed E-state index contributed by atoms with van der Waals surface area (Å²) in [7, 11) is 0. The predicted molar refractivity (Wildman–Crippen MR) is 111 cm³/mol. The molecule has 0 fully saturated rings. The lowest BCUT2D eigenvalue weighted by Gasteiger charge is -2.15. The van der Waals surface area contributed by atoms with E-state index in [0.717, 1.165) is 39.2 Å². The number of carbonyl (C=O) groups excluding carboxylic acids is 1. The van der Waals surface area contributed by atoms with Crippen LogP contribution in [0, 0.1) is 5.82 Å². The third-order valence-corrected chi connectivity index (χ3v) is 5.42. The average Bonchev–Trinajstić information content (AvgIpc) is 3.31. The Kier molecular flexibility index (Phi) is 4.39. The van der Waals surface area contributed by atoms with Crippen LogP contribution in [0.3, 0.4) is 0 Å². The monoisotopic (exact) mass is 417 g/mol. The first-order chi connectivity index (χ1) is 15.0. The molecular weight excluding hydrogens is 401 g/mol. The van der Waals surface area contributed by atoms with Crippen molar-refractivity contribution < 1.29 is 23.8 Å². The van der Waals surface area contributed by atoms with Gasteiger partial charge in [-0.3, -0.25) is 5.32 Å². The Morgan fingerprint density at radius 1 is 1.10 bits per heavy atom. The van der Waals surface area contributed by atoms with E-state index in [0.29, 0.717) is 0 Å². The topological polar surface area (TPSA) is 92.9 Å². The Labute approximate surface area is 175 Å². The maximum Gasteiger partial charge on any atom is 0.411 e. The molecule has 0 unspecified atom stereocenters. The van der Waals surface area contributed by atoms with Gasteiger partial charge >= 0.3 is 12.1 Å². The first-order valence-corrected chi connectivity index (χ1v) is 9.55. The molecule has 0 aliphatic heterocycles. The van der Waals surface area contributed by atoms with Crippen molar-refractivity contribution in [3.8, 4) is 11.1 Å². The smallest absolute Gasteiger partial charge is 0.411 e. The Hall–Kier alpha value is -4.20. The number of aromatic carboxylic acids is 1. The Balaban J connectivity index is 1.36. The van der Waals surface area contributed by atoms with Crippen LogP contribution in [-0.2, 0) is 4.74 Å². The van der Waals surface area contributed by atoms with Gasteiger partial charge in [-0.25, -0.2) is 18.5 Å². The van der Waals surface area contributed by atoms with Crippen LogP contribution in [-0.4, -0.2) is 33.4 Å². The van der Waals surface area contributed by atoms with Crippen molar-refractivity contribution in [3.05, 3.63) is 89.5 Å². The van der Waals surface area contributed by atoms with Crippen LogP contribution in [0.25, 0.3) is 16.6 Å². The molecule has 7 nitrogen and oxygen atoms in total. The van der Waals surface area contributed by atoms with Gasteiger partial charge in [-0.15, -0.1) is 0 Å². The molecule has 5 rings (SSSR count). The van der Waals surface area contributed by atoms with Crippen molar-refractivity contribution in [2.45, 2.75) is 5.92 Å². The number of aromatic nitrogens is 2. The second kappa shape index (κ2) is 7.24. The van der Waals surface area contributed by atoms with Gasteiger partial charge in [-0.2, -0.15) is 5.10 Å². The second-order valence-corrected chi connectivity index (χ2v) is 7.18. The predicted octanol–water partition coefficient (Wildman–Crippen LogP) is 4.53. The van der Waals surface area contributed by atoms with Crippen LogP contribution in [0.1, 0.15) is 27.4 Å². The van der Waals surface area contributed by atoms with Gasteiger partial charge in [0.05, 0.1) is 23.6 Å². The molecule has 1 aliphatic rings. The zero-order valence-corrected chi connectivity index (χ0v) is 16.1. The van der Waals surface area contributed by atoms with E-state index in [2.05, 4.69) is 10.4 Å². The normalized spacial score (nSPS) is 12.4. The number of carboxylic acid groups (broad SMARTS) is 1. The van der Waals surface area contributed by atoms with Gasteiger partial charge < -0.3 is 9.84 Å². The van der Waals surface area contributed by atoms with Gasteiger partial charge in [0.2, 0.25) is 0 Å². The van der Waals surface area contributed by atoms with E-state index in [9.17, 15) is 19.1 Å². The van der Waals surface area contributed by atoms with Crippen LogP contribution in [0.2, 0.25) is 0 Å².